The molecule has 0 spiro atoms. The second kappa shape index (κ2) is 7.50. The number of methoxy groups -OCH3 is 1. The monoisotopic (exact) mass is 204 g/mol. The zero-order chi connectivity index (χ0) is 11.0. The van der Waals surface area contributed by atoms with Gasteiger partial charge in [-0.3, -0.25) is 0 Å². The van der Waals surface area contributed by atoms with Crippen LogP contribution in [0.4, 0.5) is 4.39 Å². The van der Waals surface area contributed by atoms with Crippen LogP contribution in [0.15, 0.2) is 11.4 Å². The van der Waals surface area contributed by atoms with E-state index < -0.39 is 11.8 Å². The lowest BCUT2D eigenvalue weighted by Crippen LogP contribution is -2.09. The van der Waals surface area contributed by atoms with Gasteiger partial charge in [-0.2, -0.15) is 4.39 Å². The fourth-order valence-electron chi connectivity index (χ4n) is 1.06. The number of carbonyl (C=O) groups is 1. The SMILES string of the molecule is CCC/C(COC)=C(/F)C(=O)OCC. The summed E-state index contributed by atoms with van der Waals surface area (Å²) in [5, 5.41) is 0. The first-order valence-corrected chi connectivity index (χ1v) is 4.70. The van der Waals surface area contributed by atoms with E-state index in [4.69, 9.17) is 4.74 Å². The molecule has 0 rings (SSSR count). The van der Waals surface area contributed by atoms with Gasteiger partial charge >= 0.3 is 5.97 Å². The molecule has 3 nitrogen and oxygen atoms in total. The predicted octanol–water partition coefficient (Wildman–Crippen LogP) is 2.22. The molecule has 0 atom stereocenters. The summed E-state index contributed by atoms with van der Waals surface area (Å²) in [6.45, 7) is 3.87. The molecule has 0 N–H and O–H groups in total. The summed E-state index contributed by atoms with van der Waals surface area (Å²) in [5.74, 6) is -1.71. The Morgan fingerprint density at radius 3 is 2.43 bits per heavy atom. The Hall–Kier alpha value is -0.900. The quantitative estimate of drug-likeness (QED) is 0.491. The van der Waals surface area contributed by atoms with Crippen molar-refractivity contribution < 1.29 is 18.7 Å². The molecule has 82 valence electrons. The lowest BCUT2D eigenvalue weighted by molar-refractivity contribution is -0.140. The second-order valence-corrected chi connectivity index (χ2v) is 2.82. The number of esters is 1. The molecule has 0 fully saturated rings. The van der Waals surface area contributed by atoms with Gasteiger partial charge in [0.05, 0.1) is 13.2 Å². The van der Waals surface area contributed by atoms with Crippen LogP contribution in [0.1, 0.15) is 26.7 Å². The third-order valence-electron chi connectivity index (χ3n) is 1.64. The van der Waals surface area contributed by atoms with Crippen LogP contribution in [0.3, 0.4) is 0 Å². The number of ether oxygens (including phenoxy) is 2. The molecule has 0 aromatic rings. The van der Waals surface area contributed by atoms with Gasteiger partial charge in [-0.25, -0.2) is 4.79 Å². The summed E-state index contributed by atoms with van der Waals surface area (Å²) < 4.78 is 22.7. The normalized spacial score (nSPS) is 12.3. The largest absolute Gasteiger partial charge is 0.461 e. The van der Waals surface area contributed by atoms with E-state index in [0.29, 0.717) is 12.0 Å². The summed E-state index contributed by atoms with van der Waals surface area (Å²) in [6.07, 6.45) is 1.28. The summed E-state index contributed by atoms with van der Waals surface area (Å²) in [6, 6.07) is 0. The molecule has 0 aliphatic rings. The van der Waals surface area contributed by atoms with Crippen molar-refractivity contribution in [1.82, 2.24) is 0 Å². The third-order valence-corrected chi connectivity index (χ3v) is 1.64. The molecule has 0 aromatic heterocycles. The molecule has 0 aromatic carbocycles. The van der Waals surface area contributed by atoms with Gasteiger partial charge in [0.15, 0.2) is 0 Å². The number of halogens is 1. The summed E-state index contributed by atoms with van der Waals surface area (Å²) in [5.41, 5.74) is 0.369. The maximum Gasteiger partial charge on any atom is 0.367 e. The Morgan fingerprint density at radius 2 is 2.00 bits per heavy atom. The molecule has 0 aliphatic carbocycles. The van der Waals surface area contributed by atoms with Gasteiger partial charge in [-0.05, 0) is 18.9 Å². The van der Waals surface area contributed by atoms with Crippen molar-refractivity contribution in [3.63, 3.8) is 0 Å². The van der Waals surface area contributed by atoms with E-state index >= 15 is 0 Å². The maximum absolute atomic E-state index is 13.3. The van der Waals surface area contributed by atoms with Crippen molar-refractivity contribution in [1.29, 1.82) is 0 Å². The Morgan fingerprint density at radius 1 is 1.36 bits per heavy atom. The van der Waals surface area contributed by atoms with Crippen LogP contribution in [-0.2, 0) is 14.3 Å². The Kier molecular flexibility index (Phi) is 7.02. The van der Waals surface area contributed by atoms with Gasteiger partial charge in [0, 0.05) is 7.11 Å². The Labute approximate surface area is 83.9 Å². The van der Waals surface area contributed by atoms with E-state index in [1.54, 1.807) is 6.92 Å². The minimum Gasteiger partial charge on any atom is -0.461 e. The van der Waals surface area contributed by atoms with Crippen LogP contribution in [-0.4, -0.2) is 26.3 Å². The van der Waals surface area contributed by atoms with Gasteiger partial charge in [0.25, 0.3) is 0 Å². The average Bonchev–Trinajstić information content (AvgIpc) is 2.17. The molecule has 14 heavy (non-hydrogen) atoms. The van der Waals surface area contributed by atoms with Crippen molar-refractivity contribution in [2.24, 2.45) is 0 Å². The summed E-state index contributed by atoms with van der Waals surface area (Å²) in [7, 11) is 1.47. The Balaban J connectivity index is 4.51. The molecule has 0 saturated heterocycles. The van der Waals surface area contributed by atoms with Crippen LogP contribution >= 0.6 is 0 Å². The van der Waals surface area contributed by atoms with Crippen LogP contribution in [0, 0.1) is 0 Å². The molecular formula is C10H17FO3. The zero-order valence-corrected chi connectivity index (χ0v) is 8.93. The van der Waals surface area contributed by atoms with Crippen molar-refractivity contribution >= 4 is 5.97 Å². The number of hydrogen-bond acceptors (Lipinski definition) is 3. The van der Waals surface area contributed by atoms with Gasteiger partial charge in [0.2, 0.25) is 5.83 Å². The summed E-state index contributed by atoms with van der Waals surface area (Å²) >= 11 is 0. The lowest BCUT2D eigenvalue weighted by Gasteiger charge is -2.06. The number of carbonyl (C=O) groups excluding carboxylic acids is 1. The fourth-order valence-corrected chi connectivity index (χ4v) is 1.06. The van der Waals surface area contributed by atoms with Crippen LogP contribution in [0.5, 0.6) is 0 Å². The zero-order valence-electron chi connectivity index (χ0n) is 8.93. The molecule has 0 aliphatic heterocycles. The van der Waals surface area contributed by atoms with Crippen molar-refractivity contribution in [2.75, 3.05) is 20.3 Å². The van der Waals surface area contributed by atoms with E-state index in [1.807, 2.05) is 6.92 Å². The topological polar surface area (TPSA) is 35.5 Å². The first-order chi connectivity index (χ1) is 6.67. The van der Waals surface area contributed by atoms with E-state index in [-0.39, 0.29) is 13.2 Å². The first kappa shape index (κ1) is 13.1. The van der Waals surface area contributed by atoms with Crippen LogP contribution in [0.25, 0.3) is 0 Å². The van der Waals surface area contributed by atoms with Crippen LogP contribution < -0.4 is 0 Å². The molecule has 0 amide bonds. The van der Waals surface area contributed by atoms with E-state index in [2.05, 4.69) is 4.74 Å². The second-order valence-electron chi connectivity index (χ2n) is 2.82. The molecule has 0 heterocycles. The standard InChI is InChI=1S/C10H17FO3/c1-4-6-8(7-13-3)9(11)10(12)14-5-2/h4-7H2,1-3H3/b9-8-. The molecule has 0 bridgehead atoms. The minimum absolute atomic E-state index is 0.137. The third kappa shape index (κ3) is 4.37. The highest BCUT2D eigenvalue weighted by Gasteiger charge is 2.15. The highest BCUT2D eigenvalue weighted by molar-refractivity contribution is 5.86. The van der Waals surface area contributed by atoms with E-state index in [0.717, 1.165) is 6.42 Å². The molecular weight excluding hydrogens is 187 g/mol. The van der Waals surface area contributed by atoms with Crippen molar-refractivity contribution in [3.8, 4) is 0 Å². The summed E-state index contributed by atoms with van der Waals surface area (Å²) in [4.78, 5) is 11.0. The average molecular weight is 204 g/mol. The van der Waals surface area contributed by atoms with Crippen molar-refractivity contribution in [2.45, 2.75) is 26.7 Å². The lowest BCUT2D eigenvalue weighted by atomic mass is 10.1. The Bertz CT molecular complexity index is 203. The van der Waals surface area contributed by atoms with Gasteiger partial charge in [-0.1, -0.05) is 13.3 Å². The van der Waals surface area contributed by atoms with E-state index in [9.17, 15) is 9.18 Å². The predicted molar refractivity (Wildman–Crippen MR) is 51.6 cm³/mol. The highest BCUT2D eigenvalue weighted by Crippen LogP contribution is 2.14. The molecule has 0 saturated carbocycles. The number of rotatable bonds is 6. The van der Waals surface area contributed by atoms with E-state index in [1.165, 1.54) is 7.11 Å². The molecule has 0 radical (unpaired) electrons. The smallest absolute Gasteiger partial charge is 0.367 e. The van der Waals surface area contributed by atoms with Crippen molar-refractivity contribution in [3.05, 3.63) is 11.4 Å². The molecule has 4 heteroatoms. The van der Waals surface area contributed by atoms with Gasteiger partial charge in [0.1, 0.15) is 0 Å². The van der Waals surface area contributed by atoms with Gasteiger partial charge < -0.3 is 9.47 Å². The van der Waals surface area contributed by atoms with Gasteiger partial charge in [-0.15, -0.1) is 0 Å². The first-order valence-electron chi connectivity index (χ1n) is 4.70. The highest BCUT2D eigenvalue weighted by atomic mass is 19.1. The van der Waals surface area contributed by atoms with Crippen LogP contribution in [0.2, 0.25) is 0 Å². The molecule has 0 unspecified atom stereocenters. The maximum atomic E-state index is 13.3. The minimum atomic E-state index is -0.895. The fraction of sp³-hybridized carbons (Fsp3) is 0.700. The number of hydrogen-bond donors (Lipinski definition) is 0.